The zero-order valence-electron chi connectivity index (χ0n) is 23.4. The second-order valence-corrected chi connectivity index (χ2v) is 11.4. The van der Waals surface area contributed by atoms with Gasteiger partial charge in [0.15, 0.2) is 34.7 Å². The summed E-state index contributed by atoms with van der Waals surface area (Å²) in [5, 5.41) is 23.0. The van der Waals surface area contributed by atoms with Crippen molar-refractivity contribution in [2.45, 2.75) is 44.9 Å². The zero-order chi connectivity index (χ0) is 29.1. The van der Waals surface area contributed by atoms with Crippen molar-refractivity contribution in [1.82, 2.24) is 9.80 Å². The molecule has 0 bridgehead atoms. The first-order chi connectivity index (χ1) is 18.2. The second-order valence-electron chi connectivity index (χ2n) is 11.4. The van der Waals surface area contributed by atoms with Crippen LogP contribution >= 0.6 is 0 Å². The van der Waals surface area contributed by atoms with Gasteiger partial charge in [-0.15, -0.1) is 0 Å². The second kappa shape index (κ2) is 10.1. The van der Waals surface area contributed by atoms with Crippen LogP contribution in [0.2, 0.25) is 0 Å². The standard InChI is InChI=1S/C28H38N4O7/c1-7-32(8-2)12-14-11-17(30(3)4)15-9-13-10-16-21(31(5)6)24(35)20(27(29)38)26(37)28(16,39)25(36)18(13)23(34)19(15)22(14)33/h11,13,16,18,20-21,33,39H,7-10,12H2,1-6H3,(H2,29,38). The molecule has 1 amide bonds. The van der Waals surface area contributed by atoms with Gasteiger partial charge >= 0.3 is 0 Å². The molecule has 2 fully saturated rings. The number of phenols is 1. The van der Waals surface area contributed by atoms with Crippen molar-refractivity contribution in [1.29, 1.82) is 0 Å². The Balaban J connectivity index is 1.88. The highest BCUT2D eigenvalue weighted by Crippen LogP contribution is 2.52. The van der Waals surface area contributed by atoms with Crippen LogP contribution in [0.1, 0.15) is 41.8 Å². The van der Waals surface area contributed by atoms with Crippen molar-refractivity contribution in [3.8, 4) is 5.75 Å². The minimum Gasteiger partial charge on any atom is -0.507 e. The topological polar surface area (TPSA) is 162 Å². The Hall–Kier alpha value is -3.15. The van der Waals surface area contributed by atoms with Crippen LogP contribution in [0, 0.1) is 23.7 Å². The predicted molar refractivity (Wildman–Crippen MR) is 142 cm³/mol. The van der Waals surface area contributed by atoms with Crippen LogP contribution in [0.4, 0.5) is 5.69 Å². The van der Waals surface area contributed by atoms with E-state index in [0.717, 1.165) is 18.8 Å². The van der Waals surface area contributed by atoms with E-state index in [1.54, 1.807) is 14.1 Å². The van der Waals surface area contributed by atoms with Gasteiger partial charge in [0.05, 0.1) is 17.5 Å². The van der Waals surface area contributed by atoms with E-state index in [2.05, 4.69) is 4.90 Å². The quantitative estimate of drug-likeness (QED) is 0.393. The van der Waals surface area contributed by atoms with Crippen LogP contribution in [0.15, 0.2) is 6.07 Å². The Bertz CT molecular complexity index is 1250. The van der Waals surface area contributed by atoms with Gasteiger partial charge in [0.1, 0.15) is 5.75 Å². The van der Waals surface area contributed by atoms with Crippen LogP contribution in [-0.2, 0) is 32.1 Å². The summed E-state index contributed by atoms with van der Waals surface area (Å²) in [6.07, 6.45) is 0.261. The summed E-state index contributed by atoms with van der Waals surface area (Å²) in [7, 11) is 6.79. The third-order valence-corrected chi connectivity index (χ3v) is 8.89. The number of benzene rings is 1. The normalized spacial score (nSPS) is 30.3. The molecule has 2 saturated carbocycles. The Labute approximate surface area is 227 Å². The van der Waals surface area contributed by atoms with Crippen molar-refractivity contribution in [2.75, 3.05) is 46.2 Å². The lowest BCUT2D eigenvalue weighted by atomic mass is 9.52. The molecule has 0 heterocycles. The molecule has 0 saturated heterocycles. The number of anilines is 1. The van der Waals surface area contributed by atoms with Crippen molar-refractivity contribution in [3.05, 3.63) is 22.8 Å². The number of nitrogens with two attached hydrogens (primary N) is 1. The van der Waals surface area contributed by atoms with Crippen LogP contribution in [0.3, 0.4) is 0 Å². The van der Waals surface area contributed by atoms with Gasteiger partial charge in [-0.25, -0.2) is 0 Å². The molecule has 11 heteroatoms. The van der Waals surface area contributed by atoms with Gasteiger partial charge in [-0.2, -0.15) is 0 Å². The molecule has 0 radical (unpaired) electrons. The lowest BCUT2D eigenvalue weighted by Gasteiger charge is -2.52. The number of hydrogen-bond donors (Lipinski definition) is 3. The van der Waals surface area contributed by atoms with E-state index < -0.39 is 64.4 Å². The maximum Gasteiger partial charge on any atom is 0.235 e. The fourth-order valence-corrected chi connectivity index (χ4v) is 6.91. The minimum atomic E-state index is -2.73. The average Bonchev–Trinajstić information content (AvgIpc) is 2.85. The molecule has 1 aromatic carbocycles. The van der Waals surface area contributed by atoms with Gasteiger partial charge in [0, 0.05) is 37.8 Å². The van der Waals surface area contributed by atoms with E-state index >= 15 is 0 Å². The number of phenolic OH excluding ortho intramolecular Hbond substituents is 1. The Morgan fingerprint density at radius 3 is 2.21 bits per heavy atom. The Morgan fingerprint density at radius 2 is 1.69 bits per heavy atom. The summed E-state index contributed by atoms with van der Waals surface area (Å²) in [4.78, 5) is 72.2. The summed E-state index contributed by atoms with van der Waals surface area (Å²) in [5.74, 6) is -10.3. The predicted octanol–water partition coefficient (Wildman–Crippen LogP) is -0.225. The molecule has 4 rings (SSSR count). The maximum atomic E-state index is 14.0. The first-order valence-electron chi connectivity index (χ1n) is 13.3. The number of carbonyl (C=O) groups excluding carboxylic acids is 5. The smallest absolute Gasteiger partial charge is 0.235 e. The number of hydrogen-bond acceptors (Lipinski definition) is 10. The first kappa shape index (κ1) is 28.8. The Kier molecular flexibility index (Phi) is 7.48. The molecule has 6 unspecified atom stereocenters. The summed E-state index contributed by atoms with van der Waals surface area (Å²) in [5.41, 5.74) is 4.53. The van der Waals surface area contributed by atoms with E-state index in [9.17, 15) is 34.2 Å². The van der Waals surface area contributed by atoms with Crippen molar-refractivity contribution in [3.63, 3.8) is 0 Å². The SMILES string of the molecule is CCN(CC)Cc1cc(N(C)C)c2c(c1O)C(=O)C1C(=O)C3(O)C(=O)C(C(N)=O)C(=O)C(N(C)C)C3CC1C2. The number of carbonyl (C=O) groups is 5. The third-order valence-electron chi connectivity index (χ3n) is 8.89. The number of nitrogens with zero attached hydrogens (tertiary/aromatic N) is 3. The molecule has 0 spiro atoms. The van der Waals surface area contributed by atoms with Crippen molar-refractivity contribution >= 4 is 34.7 Å². The van der Waals surface area contributed by atoms with Crippen molar-refractivity contribution in [2.24, 2.45) is 29.4 Å². The lowest BCUT2D eigenvalue weighted by molar-refractivity contribution is -0.181. The molecule has 11 nitrogen and oxygen atoms in total. The number of ketones is 4. The van der Waals surface area contributed by atoms with Crippen LogP contribution < -0.4 is 10.6 Å². The fourth-order valence-electron chi connectivity index (χ4n) is 6.91. The van der Waals surface area contributed by atoms with Crippen LogP contribution in [-0.4, -0.2) is 102 Å². The van der Waals surface area contributed by atoms with Gasteiger partial charge in [-0.3, -0.25) is 33.8 Å². The third kappa shape index (κ3) is 4.18. The first-order valence-corrected chi connectivity index (χ1v) is 13.3. The van der Waals surface area contributed by atoms with E-state index in [1.165, 1.54) is 4.90 Å². The summed E-state index contributed by atoms with van der Waals surface area (Å²) < 4.78 is 0. The monoisotopic (exact) mass is 542 g/mol. The van der Waals surface area contributed by atoms with Gasteiger partial charge < -0.3 is 20.8 Å². The average molecular weight is 543 g/mol. The number of Topliss-reactive ketones (excluding diaryl/α,β-unsaturated/α-hetero) is 4. The molecule has 6 atom stereocenters. The molecule has 4 N–H and O–H groups in total. The Morgan fingerprint density at radius 1 is 1.08 bits per heavy atom. The van der Waals surface area contributed by atoms with Crippen molar-refractivity contribution < 1.29 is 34.2 Å². The zero-order valence-corrected chi connectivity index (χ0v) is 23.4. The molecule has 0 aliphatic heterocycles. The summed E-state index contributed by atoms with van der Waals surface area (Å²) in [6.45, 7) is 5.83. The number of likely N-dealkylation sites (N-methyl/N-ethyl adjacent to an activating group) is 1. The maximum absolute atomic E-state index is 14.0. The largest absolute Gasteiger partial charge is 0.507 e. The summed E-state index contributed by atoms with van der Waals surface area (Å²) in [6, 6.07) is 0.735. The molecule has 3 aliphatic rings. The number of fused-ring (bicyclic) bond motifs is 3. The van der Waals surface area contributed by atoms with Gasteiger partial charge in [0.25, 0.3) is 0 Å². The highest BCUT2D eigenvalue weighted by molar-refractivity contribution is 6.32. The van der Waals surface area contributed by atoms with Gasteiger partial charge in [-0.1, -0.05) is 13.8 Å². The minimum absolute atomic E-state index is 0.0231. The molecule has 212 valence electrons. The number of amides is 1. The molecule has 3 aliphatic carbocycles. The van der Waals surface area contributed by atoms with Gasteiger partial charge in [0.2, 0.25) is 5.91 Å². The number of primary amides is 1. The van der Waals surface area contributed by atoms with Crippen LogP contribution in [0.25, 0.3) is 0 Å². The number of rotatable bonds is 7. The molecule has 39 heavy (non-hydrogen) atoms. The molecule has 1 aromatic rings. The highest BCUT2D eigenvalue weighted by Gasteiger charge is 2.69. The van der Waals surface area contributed by atoms with Gasteiger partial charge in [-0.05, 0) is 57.6 Å². The highest BCUT2D eigenvalue weighted by atomic mass is 16.3. The molecular formula is C28H38N4O7. The lowest BCUT2D eigenvalue weighted by Crippen LogP contribution is -2.74. The van der Waals surface area contributed by atoms with Crippen LogP contribution in [0.5, 0.6) is 5.75 Å². The number of aliphatic hydroxyl groups is 1. The van der Waals surface area contributed by atoms with E-state index in [1.807, 2.05) is 38.9 Å². The fraction of sp³-hybridized carbons (Fsp3) is 0.607. The van der Waals surface area contributed by atoms with E-state index in [4.69, 9.17) is 5.73 Å². The number of aromatic hydroxyl groups is 1. The van der Waals surface area contributed by atoms with E-state index in [-0.39, 0.29) is 24.2 Å². The molecule has 0 aromatic heterocycles. The van der Waals surface area contributed by atoms with E-state index in [0.29, 0.717) is 17.7 Å². The molecular weight excluding hydrogens is 504 g/mol. The summed E-state index contributed by atoms with van der Waals surface area (Å²) >= 11 is 0.